The fourth-order valence-electron chi connectivity index (χ4n) is 1.07. The fraction of sp³-hybridized carbons (Fsp3) is 0.444. The van der Waals surface area contributed by atoms with E-state index in [2.05, 4.69) is 18.8 Å². The quantitative estimate of drug-likeness (QED) is 0.655. The van der Waals surface area contributed by atoms with Crippen LogP contribution in [0.3, 0.4) is 0 Å². The molecule has 0 fully saturated rings. The minimum Gasteiger partial charge on any atom is -0.423 e. The number of pyridine rings is 1. The summed E-state index contributed by atoms with van der Waals surface area (Å²) in [6.07, 6.45) is 2.54. The second kappa shape index (κ2) is 4.39. The lowest BCUT2D eigenvalue weighted by molar-refractivity contribution is 0.425. The van der Waals surface area contributed by atoms with E-state index < -0.39 is 7.12 Å². The molecule has 0 amide bonds. The lowest BCUT2D eigenvalue weighted by Crippen LogP contribution is -2.30. The van der Waals surface area contributed by atoms with Crippen LogP contribution in [0, 0.1) is 0 Å². The first-order valence-corrected chi connectivity index (χ1v) is 4.47. The Labute approximate surface area is 78.6 Å². The molecule has 2 N–H and O–H groups in total. The molecule has 0 radical (unpaired) electrons. The number of hydrogen-bond acceptors (Lipinski definition) is 3. The molecule has 1 unspecified atom stereocenters. The van der Waals surface area contributed by atoms with Gasteiger partial charge in [-0.25, -0.2) is 0 Å². The molecule has 3 nitrogen and oxygen atoms in total. The normalized spacial score (nSPS) is 12.6. The Morgan fingerprint density at radius 3 is 2.54 bits per heavy atom. The molecule has 13 heavy (non-hydrogen) atoms. The molecule has 0 aliphatic heterocycles. The van der Waals surface area contributed by atoms with E-state index in [-0.39, 0.29) is 0 Å². The highest BCUT2D eigenvalue weighted by Crippen LogP contribution is 2.14. The van der Waals surface area contributed by atoms with Crippen LogP contribution in [0.25, 0.3) is 0 Å². The van der Waals surface area contributed by atoms with E-state index in [0.717, 1.165) is 12.1 Å². The molecule has 1 atom stereocenters. The van der Waals surface area contributed by atoms with Gasteiger partial charge in [-0.3, -0.25) is 4.98 Å². The third-order valence-electron chi connectivity index (χ3n) is 2.22. The van der Waals surface area contributed by atoms with Gasteiger partial charge in [-0.15, -0.1) is 0 Å². The largest absolute Gasteiger partial charge is 0.490 e. The minimum atomic E-state index is -1.42. The van der Waals surface area contributed by atoms with Gasteiger partial charge in [0.05, 0.1) is 0 Å². The standard InChI is InChI=1S/C9H14BNO2/c1-3-7(2)9-5-4-8(6-11-9)10(12)13/h4-7,12-13H,3H2,1-2H3. The zero-order chi connectivity index (χ0) is 9.84. The molecular formula is C9H14BNO2. The van der Waals surface area contributed by atoms with Crippen LogP contribution in [0.1, 0.15) is 31.9 Å². The molecule has 0 saturated heterocycles. The summed E-state index contributed by atoms with van der Waals surface area (Å²) in [4.78, 5) is 4.15. The molecule has 1 aromatic rings. The zero-order valence-corrected chi connectivity index (χ0v) is 7.94. The van der Waals surface area contributed by atoms with Crippen molar-refractivity contribution >= 4 is 12.6 Å². The van der Waals surface area contributed by atoms with E-state index >= 15 is 0 Å². The van der Waals surface area contributed by atoms with Crippen molar-refractivity contribution in [3.05, 3.63) is 24.0 Å². The summed E-state index contributed by atoms with van der Waals surface area (Å²) in [7, 11) is -1.42. The van der Waals surface area contributed by atoms with Crippen molar-refractivity contribution in [1.29, 1.82) is 0 Å². The van der Waals surface area contributed by atoms with Crippen molar-refractivity contribution in [1.82, 2.24) is 4.98 Å². The Bertz CT molecular complexity index is 261. The summed E-state index contributed by atoms with van der Waals surface area (Å²) in [6, 6.07) is 3.53. The predicted molar refractivity (Wildman–Crippen MR) is 52.8 cm³/mol. The summed E-state index contributed by atoms with van der Waals surface area (Å²) < 4.78 is 0. The van der Waals surface area contributed by atoms with Gasteiger partial charge < -0.3 is 10.0 Å². The third kappa shape index (κ3) is 2.54. The Morgan fingerprint density at radius 2 is 2.15 bits per heavy atom. The lowest BCUT2D eigenvalue weighted by Gasteiger charge is -2.07. The maximum atomic E-state index is 8.83. The van der Waals surface area contributed by atoms with Crippen LogP contribution in [0.15, 0.2) is 18.3 Å². The van der Waals surface area contributed by atoms with Crippen LogP contribution in [-0.2, 0) is 0 Å². The van der Waals surface area contributed by atoms with Crippen molar-refractivity contribution < 1.29 is 10.0 Å². The van der Waals surface area contributed by atoms with Crippen molar-refractivity contribution in [3.63, 3.8) is 0 Å². The van der Waals surface area contributed by atoms with Crippen LogP contribution >= 0.6 is 0 Å². The van der Waals surface area contributed by atoms with E-state index in [1.54, 1.807) is 6.07 Å². The highest BCUT2D eigenvalue weighted by molar-refractivity contribution is 6.58. The highest BCUT2D eigenvalue weighted by atomic mass is 16.4. The van der Waals surface area contributed by atoms with Crippen molar-refractivity contribution in [3.8, 4) is 0 Å². The Morgan fingerprint density at radius 1 is 1.46 bits per heavy atom. The molecule has 1 heterocycles. The SMILES string of the molecule is CCC(C)c1ccc(B(O)O)cn1. The number of nitrogens with zero attached hydrogens (tertiary/aromatic N) is 1. The second-order valence-corrected chi connectivity index (χ2v) is 3.20. The fourth-order valence-corrected chi connectivity index (χ4v) is 1.07. The molecule has 0 aliphatic rings. The van der Waals surface area contributed by atoms with Crippen molar-refractivity contribution in [2.75, 3.05) is 0 Å². The van der Waals surface area contributed by atoms with Gasteiger partial charge in [-0.1, -0.05) is 19.9 Å². The Balaban J connectivity index is 2.81. The summed E-state index contributed by atoms with van der Waals surface area (Å²) in [6.45, 7) is 4.19. The smallest absolute Gasteiger partial charge is 0.423 e. The average Bonchev–Trinajstić information content (AvgIpc) is 2.17. The van der Waals surface area contributed by atoms with Gasteiger partial charge in [0.1, 0.15) is 0 Å². The van der Waals surface area contributed by atoms with Crippen LogP contribution in [-0.4, -0.2) is 22.2 Å². The van der Waals surface area contributed by atoms with Gasteiger partial charge in [0.15, 0.2) is 0 Å². The molecule has 4 heteroatoms. The molecule has 0 spiro atoms. The summed E-state index contributed by atoms with van der Waals surface area (Å²) in [5.74, 6) is 0.421. The molecule has 1 rings (SSSR count). The first-order chi connectivity index (χ1) is 6.15. The summed E-state index contributed by atoms with van der Waals surface area (Å²) in [5.41, 5.74) is 1.43. The average molecular weight is 179 g/mol. The highest BCUT2D eigenvalue weighted by Gasteiger charge is 2.11. The molecule has 0 aliphatic carbocycles. The van der Waals surface area contributed by atoms with Crippen molar-refractivity contribution in [2.45, 2.75) is 26.2 Å². The minimum absolute atomic E-state index is 0.421. The van der Waals surface area contributed by atoms with E-state index in [9.17, 15) is 0 Å². The second-order valence-electron chi connectivity index (χ2n) is 3.20. The molecular weight excluding hydrogens is 165 g/mol. The number of hydrogen-bond donors (Lipinski definition) is 2. The van der Waals surface area contributed by atoms with Gasteiger partial charge in [0.25, 0.3) is 0 Å². The summed E-state index contributed by atoms with van der Waals surface area (Å²) in [5, 5.41) is 17.7. The summed E-state index contributed by atoms with van der Waals surface area (Å²) >= 11 is 0. The third-order valence-corrected chi connectivity index (χ3v) is 2.22. The lowest BCUT2D eigenvalue weighted by atomic mass is 9.81. The van der Waals surface area contributed by atoms with Gasteiger partial charge >= 0.3 is 7.12 Å². The van der Waals surface area contributed by atoms with Gasteiger partial charge in [0.2, 0.25) is 0 Å². The molecule has 0 aromatic carbocycles. The topological polar surface area (TPSA) is 53.4 Å². The first-order valence-electron chi connectivity index (χ1n) is 4.47. The van der Waals surface area contributed by atoms with Gasteiger partial charge in [-0.05, 0) is 18.4 Å². The van der Waals surface area contributed by atoms with Crippen LogP contribution in [0.5, 0.6) is 0 Å². The molecule has 1 aromatic heterocycles. The van der Waals surface area contributed by atoms with E-state index in [0.29, 0.717) is 11.4 Å². The van der Waals surface area contributed by atoms with Crippen molar-refractivity contribution in [2.24, 2.45) is 0 Å². The predicted octanol–water partition coefficient (Wildman–Crippen LogP) is 0.275. The zero-order valence-electron chi connectivity index (χ0n) is 7.94. The maximum absolute atomic E-state index is 8.83. The van der Waals surface area contributed by atoms with Crippen LogP contribution in [0.2, 0.25) is 0 Å². The van der Waals surface area contributed by atoms with Crippen LogP contribution in [0.4, 0.5) is 0 Å². The Hall–Kier alpha value is -0.865. The Kier molecular flexibility index (Phi) is 3.45. The molecule has 0 bridgehead atoms. The van der Waals surface area contributed by atoms with E-state index in [4.69, 9.17) is 10.0 Å². The van der Waals surface area contributed by atoms with Crippen LogP contribution < -0.4 is 5.46 Å². The monoisotopic (exact) mass is 179 g/mol. The molecule has 70 valence electrons. The van der Waals surface area contributed by atoms with E-state index in [1.165, 1.54) is 6.20 Å². The first kappa shape index (κ1) is 10.2. The number of aromatic nitrogens is 1. The van der Waals surface area contributed by atoms with Gasteiger partial charge in [0, 0.05) is 17.4 Å². The van der Waals surface area contributed by atoms with E-state index in [1.807, 2.05) is 6.07 Å². The van der Waals surface area contributed by atoms with Gasteiger partial charge in [-0.2, -0.15) is 0 Å². The number of rotatable bonds is 3. The molecule has 0 saturated carbocycles. The maximum Gasteiger partial charge on any atom is 0.490 e.